The molecule has 0 aliphatic heterocycles. The molecule has 158 valence electrons. The van der Waals surface area contributed by atoms with Crippen LogP contribution in [0.4, 0.5) is 5.69 Å². The molecule has 4 aromatic rings. The largest absolute Gasteiger partial charge is 0.440 e. The first-order valence-electron chi connectivity index (χ1n) is 10.4. The molecular weight excluding hydrogens is 410 g/mol. The Hall–Kier alpha value is -3.13. The number of aromatic nitrogens is 4. The first-order valence-corrected chi connectivity index (χ1v) is 11.4. The Bertz CT molecular complexity index is 1260. The summed E-state index contributed by atoms with van der Waals surface area (Å²) in [5, 5.41) is 12.3. The van der Waals surface area contributed by atoms with Gasteiger partial charge in [-0.15, -0.1) is 10.2 Å². The third-order valence-corrected chi connectivity index (χ3v) is 6.22. The minimum absolute atomic E-state index is 0.0991. The number of aryl methyl sites for hydroxylation is 1. The number of amides is 1. The van der Waals surface area contributed by atoms with Crippen molar-refractivity contribution in [2.24, 2.45) is 0 Å². The number of benzene rings is 2. The van der Waals surface area contributed by atoms with Gasteiger partial charge < -0.3 is 14.3 Å². The number of anilines is 1. The second kappa shape index (κ2) is 8.19. The lowest BCUT2D eigenvalue weighted by Crippen LogP contribution is -2.14. The van der Waals surface area contributed by atoms with Crippen molar-refractivity contribution in [2.75, 3.05) is 11.1 Å². The fourth-order valence-electron chi connectivity index (χ4n) is 3.53. The number of thioether (sulfide) groups is 1. The first kappa shape index (κ1) is 19.8. The van der Waals surface area contributed by atoms with E-state index in [0.29, 0.717) is 11.6 Å². The molecule has 1 fully saturated rings. The summed E-state index contributed by atoms with van der Waals surface area (Å²) in [6.45, 7) is 4.83. The summed E-state index contributed by atoms with van der Waals surface area (Å²) in [6.07, 6.45) is 2.28. The Morgan fingerprint density at radius 1 is 1.23 bits per heavy atom. The van der Waals surface area contributed by atoms with Gasteiger partial charge in [0.05, 0.1) is 5.75 Å². The number of nitrogens with one attached hydrogen (secondary N) is 1. The molecule has 1 aliphatic rings. The van der Waals surface area contributed by atoms with Gasteiger partial charge in [-0.25, -0.2) is 4.98 Å². The van der Waals surface area contributed by atoms with Crippen LogP contribution in [0, 0.1) is 6.92 Å². The highest BCUT2D eigenvalue weighted by atomic mass is 32.2. The predicted octanol–water partition coefficient (Wildman–Crippen LogP) is 5.02. The number of carbonyl (C=O) groups excluding carboxylic acids is 1. The van der Waals surface area contributed by atoms with Crippen LogP contribution in [0.2, 0.25) is 0 Å². The average Bonchev–Trinajstić information content (AvgIpc) is 3.39. The zero-order chi connectivity index (χ0) is 21.4. The van der Waals surface area contributed by atoms with Crippen molar-refractivity contribution in [1.29, 1.82) is 0 Å². The minimum atomic E-state index is -0.0991. The molecule has 1 saturated carbocycles. The van der Waals surface area contributed by atoms with Gasteiger partial charge in [-0.3, -0.25) is 4.79 Å². The summed E-state index contributed by atoms with van der Waals surface area (Å²) in [5.41, 5.74) is 4.45. The molecule has 0 unspecified atom stereocenters. The quantitative estimate of drug-likeness (QED) is 0.412. The summed E-state index contributed by atoms with van der Waals surface area (Å²) >= 11 is 1.38. The monoisotopic (exact) mass is 433 g/mol. The van der Waals surface area contributed by atoms with E-state index >= 15 is 0 Å². The molecule has 2 heterocycles. The van der Waals surface area contributed by atoms with Crippen LogP contribution in [-0.4, -0.2) is 31.4 Å². The van der Waals surface area contributed by atoms with Crippen molar-refractivity contribution >= 4 is 34.5 Å². The molecular formula is C23H23N5O2S. The zero-order valence-electron chi connectivity index (χ0n) is 17.5. The molecule has 2 aromatic carbocycles. The van der Waals surface area contributed by atoms with Gasteiger partial charge in [0.25, 0.3) is 0 Å². The van der Waals surface area contributed by atoms with Crippen LogP contribution in [-0.2, 0) is 11.3 Å². The third kappa shape index (κ3) is 4.20. The van der Waals surface area contributed by atoms with Crippen LogP contribution in [0.3, 0.4) is 0 Å². The standard InChI is InChI=1S/C23H23N5O2S/c1-3-28-21(16-6-4-5-14(2)11-16)26-27-23(28)31-13-20(29)24-17-9-10-19-18(12-17)25-22(30-19)15-7-8-15/h4-6,9-12,15H,3,7-8,13H2,1-2H3,(H,24,29). The van der Waals surface area contributed by atoms with E-state index in [2.05, 4.69) is 46.5 Å². The molecule has 0 atom stereocenters. The Kier molecular flexibility index (Phi) is 5.23. The van der Waals surface area contributed by atoms with E-state index in [9.17, 15) is 4.79 Å². The van der Waals surface area contributed by atoms with Crippen molar-refractivity contribution < 1.29 is 9.21 Å². The van der Waals surface area contributed by atoms with Crippen LogP contribution in [0.5, 0.6) is 0 Å². The van der Waals surface area contributed by atoms with E-state index in [1.54, 1.807) is 0 Å². The van der Waals surface area contributed by atoms with Gasteiger partial charge in [0.15, 0.2) is 22.5 Å². The van der Waals surface area contributed by atoms with E-state index in [0.717, 1.165) is 52.9 Å². The third-order valence-electron chi connectivity index (χ3n) is 5.26. The number of hydrogen-bond donors (Lipinski definition) is 1. The van der Waals surface area contributed by atoms with Crippen molar-refractivity contribution in [1.82, 2.24) is 19.7 Å². The second-order valence-corrected chi connectivity index (χ2v) is 8.71. The van der Waals surface area contributed by atoms with E-state index in [1.807, 2.05) is 34.9 Å². The molecule has 2 aromatic heterocycles. The average molecular weight is 434 g/mol. The molecule has 0 spiro atoms. The van der Waals surface area contributed by atoms with Gasteiger partial charge in [-0.1, -0.05) is 35.5 Å². The number of rotatable bonds is 7. The van der Waals surface area contributed by atoms with Gasteiger partial charge in [0.2, 0.25) is 5.91 Å². The molecule has 0 bridgehead atoms. The number of carbonyl (C=O) groups is 1. The van der Waals surface area contributed by atoms with Crippen molar-refractivity contribution in [3.05, 3.63) is 53.9 Å². The molecule has 7 nitrogen and oxygen atoms in total. The Morgan fingerprint density at radius 3 is 2.87 bits per heavy atom. The highest BCUT2D eigenvalue weighted by molar-refractivity contribution is 7.99. The van der Waals surface area contributed by atoms with Gasteiger partial charge in [-0.05, 0) is 51.0 Å². The van der Waals surface area contributed by atoms with E-state index < -0.39 is 0 Å². The lowest BCUT2D eigenvalue weighted by molar-refractivity contribution is -0.113. The van der Waals surface area contributed by atoms with Crippen LogP contribution in [0.25, 0.3) is 22.5 Å². The van der Waals surface area contributed by atoms with E-state index in [4.69, 9.17) is 4.42 Å². The zero-order valence-corrected chi connectivity index (χ0v) is 18.3. The number of nitrogens with zero attached hydrogens (tertiary/aromatic N) is 4. The molecule has 0 radical (unpaired) electrons. The van der Waals surface area contributed by atoms with Gasteiger partial charge in [-0.2, -0.15) is 0 Å². The van der Waals surface area contributed by atoms with E-state index in [-0.39, 0.29) is 11.7 Å². The van der Waals surface area contributed by atoms with Crippen LogP contribution < -0.4 is 5.32 Å². The summed E-state index contributed by atoms with van der Waals surface area (Å²) in [4.78, 5) is 17.1. The molecule has 31 heavy (non-hydrogen) atoms. The van der Waals surface area contributed by atoms with Gasteiger partial charge in [0.1, 0.15) is 5.52 Å². The van der Waals surface area contributed by atoms with Gasteiger partial charge >= 0.3 is 0 Å². The van der Waals surface area contributed by atoms with Gasteiger partial charge in [0, 0.05) is 23.7 Å². The fraction of sp³-hybridized carbons (Fsp3) is 0.304. The molecule has 8 heteroatoms. The molecule has 5 rings (SSSR count). The fourth-order valence-corrected chi connectivity index (χ4v) is 4.34. The number of fused-ring (bicyclic) bond motifs is 1. The second-order valence-electron chi connectivity index (χ2n) is 7.77. The Balaban J connectivity index is 1.26. The number of hydrogen-bond acceptors (Lipinski definition) is 6. The van der Waals surface area contributed by atoms with Crippen LogP contribution >= 0.6 is 11.8 Å². The molecule has 1 aliphatic carbocycles. The Morgan fingerprint density at radius 2 is 2.10 bits per heavy atom. The molecule has 1 amide bonds. The SMILES string of the molecule is CCn1c(SCC(=O)Nc2ccc3oc(C4CC4)nc3c2)nnc1-c1cccc(C)c1. The lowest BCUT2D eigenvalue weighted by Gasteiger charge is -2.08. The molecule has 1 N–H and O–H groups in total. The van der Waals surface area contributed by atoms with Crippen molar-refractivity contribution in [2.45, 2.75) is 44.3 Å². The maximum Gasteiger partial charge on any atom is 0.234 e. The summed E-state index contributed by atoms with van der Waals surface area (Å²) in [6, 6.07) is 13.7. The van der Waals surface area contributed by atoms with E-state index in [1.165, 1.54) is 17.3 Å². The molecule has 0 saturated heterocycles. The van der Waals surface area contributed by atoms with Crippen molar-refractivity contribution in [3.8, 4) is 11.4 Å². The highest BCUT2D eigenvalue weighted by Gasteiger charge is 2.28. The number of oxazole rings is 1. The topological polar surface area (TPSA) is 85.8 Å². The summed E-state index contributed by atoms with van der Waals surface area (Å²) in [7, 11) is 0. The maximum atomic E-state index is 12.5. The Labute approximate surface area is 184 Å². The lowest BCUT2D eigenvalue weighted by atomic mass is 10.1. The maximum absolute atomic E-state index is 12.5. The highest BCUT2D eigenvalue weighted by Crippen LogP contribution is 2.40. The predicted molar refractivity (Wildman–Crippen MR) is 121 cm³/mol. The van der Waals surface area contributed by atoms with Crippen molar-refractivity contribution in [3.63, 3.8) is 0 Å². The first-order chi connectivity index (χ1) is 15.1. The smallest absolute Gasteiger partial charge is 0.234 e. The summed E-state index contributed by atoms with van der Waals surface area (Å²) in [5.74, 6) is 2.23. The van der Waals surface area contributed by atoms with Crippen LogP contribution in [0.1, 0.15) is 37.1 Å². The van der Waals surface area contributed by atoms with Crippen LogP contribution in [0.15, 0.2) is 52.0 Å². The minimum Gasteiger partial charge on any atom is -0.440 e. The summed E-state index contributed by atoms with van der Waals surface area (Å²) < 4.78 is 7.82. The normalized spacial score (nSPS) is 13.6.